The summed E-state index contributed by atoms with van der Waals surface area (Å²) >= 11 is 1.30. The number of furan rings is 1. The zero-order valence-corrected chi connectivity index (χ0v) is 10.9. The van der Waals surface area contributed by atoms with Gasteiger partial charge in [0.2, 0.25) is 5.91 Å². The van der Waals surface area contributed by atoms with Crippen LogP contribution in [-0.2, 0) is 16.0 Å². The maximum atomic E-state index is 11.7. The molecular formula is C13H13NO4S. The van der Waals surface area contributed by atoms with Gasteiger partial charge in [-0.1, -0.05) is 6.07 Å². The van der Waals surface area contributed by atoms with Crippen LogP contribution in [0.3, 0.4) is 0 Å². The van der Waals surface area contributed by atoms with E-state index in [4.69, 9.17) is 9.52 Å². The highest BCUT2D eigenvalue weighted by Crippen LogP contribution is 2.19. The van der Waals surface area contributed by atoms with E-state index >= 15 is 0 Å². The summed E-state index contributed by atoms with van der Waals surface area (Å²) < 4.78 is 5.11. The monoisotopic (exact) mass is 279 g/mol. The minimum atomic E-state index is -1.06. The smallest absolute Gasteiger partial charge is 0.331 e. The Morgan fingerprint density at radius 3 is 2.79 bits per heavy atom. The van der Waals surface area contributed by atoms with Crippen molar-refractivity contribution in [3.05, 3.63) is 46.5 Å². The molecule has 100 valence electrons. The lowest BCUT2D eigenvalue weighted by molar-refractivity contribution is -0.141. The summed E-state index contributed by atoms with van der Waals surface area (Å²) in [5.41, 5.74) is 0. The molecule has 2 N–H and O–H groups in total. The quantitative estimate of drug-likeness (QED) is 0.849. The van der Waals surface area contributed by atoms with Gasteiger partial charge in [-0.15, -0.1) is 11.3 Å². The first kappa shape index (κ1) is 13.4. The summed E-state index contributed by atoms with van der Waals surface area (Å²) in [7, 11) is 0. The average molecular weight is 279 g/mol. The van der Waals surface area contributed by atoms with Gasteiger partial charge in [-0.3, -0.25) is 4.79 Å². The number of carbonyl (C=O) groups excluding carboxylic acids is 1. The normalized spacial score (nSPS) is 12.0. The number of carboxylic acid groups (broad SMARTS) is 1. The second kappa shape index (κ2) is 6.19. The van der Waals surface area contributed by atoms with Crippen molar-refractivity contribution in [2.75, 3.05) is 0 Å². The Kier molecular flexibility index (Phi) is 4.35. The van der Waals surface area contributed by atoms with Gasteiger partial charge in [0.05, 0.1) is 6.26 Å². The predicted molar refractivity (Wildman–Crippen MR) is 69.9 cm³/mol. The first-order valence-corrected chi connectivity index (χ1v) is 6.62. The van der Waals surface area contributed by atoms with Crippen LogP contribution in [0, 0.1) is 0 Å². The first-order valence-electron chi connectivity index (χ1n) is 5.75. The number of hydrogen-bond acceptors (Lipinski definition) is 4. The first-order chi connectivity index (χ1) is 9.16. The van der Waals surface area contributed by atoms with Crippen molar-refractivity contribution in [3.63, 3.8) is 0 Å². The number of aliphatic carboxylic acids is 1. The predicted octanol–water partition coefficient (Wildman–Crippen LogP) is 2.22. The number of thiophene rings is 1. The number of aryl methyl sites for hydroxylation is 1. The summed E-state index contributed by atoms with van der Waals surface area (Å²) in [6.45, 7) is 0. The number of carbonyl (C=O) groups is 2. The van der Waals surface area contributed by atoms with E-state index in [1.54, 1.807) is 35.9 Å². The fraction of sp³-hybridized carbons (Fsp3) is 0.231. The van der Waals surface area contributed by atoms with Gasteiger partial charge in [0, 0.05) is 17.7 Å². The maximum absolute atomic E-state index is 11.7. The Hall–Kier alpha value is -2.08. The van der Waals surface area contributed by atoms with Gasteiger partial charge in [0.1, 0.15) is 5.76 Å². The Morgan fingerprint density at radius 2 is 2.21 bits per heavy atom. The van der Waals surface area contributed by atoms with Crippen LogP contribution in [0.2, 0.25) is 0 Å². The van der Waals surface area contributed by atoms with E-state index < -0.39 is 12.0 Å². The Morgan fingerprint density at radius 1 is 1.37 bits per heavy atom. The number of rotatable bonds is 6. The topological polar surface area (TPSA) is 79.5 Å². The standard InChI is InChI=1S/C13H13NO4S/c15-11(6-5-9-3-1-7-18-9)14-12(13(16)17)10-4-2-8-19-10/h1-4,7-8,12H,5-6H2,(H,14,15)(H,16,17). The molecule has 2 aromatic rings. The van der Waals surface area contributed by atoms with Gasteiger partial charge < -0.3 is 14.8 Å². The zero-order chi connectivity index (χ0) is 13.7. The third kappa shape index (κ3) is 3.69. The number of carboxylic acids is 1. The van der Waals surface area contributed by atoms with Gasteiger partial charge in [-0.05, 0) is 23.6 Å². The van der Waals surface area contributed by atoms with Gasteiger partial charge in [-0.2, -0.15) is 0 Å². The molecule has 2 aromatic heterocycles. The third-order valence-corrected chi connectivity index (χ3v) is 3.50. The zero-order valence-electron chi connectivity index (χ0n) is 10.0. The molecule has 0 aliphatic carbocycles. The highest BCUT2D eigenvalue weighted by Gasteiger charge is 2.22. The fourth-order valence-corrected chi connectivity index (χ4v) is 2.40. The lowest BCUT2D eigenvalue weighted by Crippen LogP contribution is -2.33. The third-order valence-electron chi connectivity index (χ3n) is 2.56. The van der Waals surface area contributed by atoms with E-state index in [1.807, 2.05) is 0 Å². The summed E-state index contributed by atoms with van der Waals surface area (Å²) in [6, 6.07) is 5.99. The molecule has 1 atom stereocenters. The van der Waals surface area contributed by atoms with Crippen LogP contribution in [0.1, 0.15) is 23.1 Å². The minimum Gasteiger partial charge on any atom is -0.479 e. The van der Waals surface area contributed by atoms with E-state index in [-0.39, 0.29) is 12.3 Å². The molecule has 0 radical (unpaired) electrons. The maximum Gasteiger partial charge on any atom is 0.331 e. The SMILES string of the molecule is O=C(CCc1ccco1)NC(C(=O)O)c1cccs1. The van der Waals surface area contributed by atoms with Crippen molar-refractivity contribution >= 4 is 23.2 Å². The lowest BCUT2D eigenvalue weighted by atomic mass is 10.2. The highest BCUT2D eigenvalue weighted by atomic mass is 32.1. The average Bonchev–Trinajstić information content (AvgIpc) is 3.05. The van der Waals surface area contributed by atoms with Gasteiger partial charge >= 0.3 is 5.97 Å². The molecule has 1 unspecified atom stereocenters. The second-order valence-electron chi connectivity index (χ2n) is 3.93. The van der Waals surface area contributed by atoms with Gasteiger partial charge in [0.15, 0.2) is 6.04 Å². The van der Waals surface area contributed by atoms with Crippen LogP contribution >= 0.6 is 11.3 Å². The Labute approximate surface area is 113 Å². The van der Waals surface area contributed by atoms with Gasteiger partial charge in [-0.25, -0.2) is 4.79 Å². The van der Waals surface area contributed by atoms with E-state index in [9.17, 15) is 9.59 Å². The van der Waals surface area contributed by atoms with Crippen molar-refractivity contribution in [1.29, 1.82) is 0 Å². The van der Waals surface area contributed by atoms with E-state index in [2.05, 4.69) is 5.32 Å². The van der Waals surface area contributed by atoms with Crippen molar-refractivity contribution < 1.29 is 19.1 Å². The summed E-state index contributed by atoms with van der Waals surface area (Å²) in [5.74, 6) is -0.663. The second-order valence-corrected chi connectivity index (χ2v) is 4.91. The molecule has 0 spiro atoms. The van der Waals surface area contributed by atoms with Crippen LogP contribution < -0.4 is 5.32 Å². The molecule has 5 nitrogen and oxygen atoms in total. The largest absolute Gasteiger partial charge is 0.479 e. The summed E-state index contributed by atoms with van der Waals surface area (Å²) in [5, 5.41) is 13.4. The van der Waals surface area contributed by atoms with Crippen molar-refractivity contribution in [1.82, 2.24) is 5.32 Å². The van der Waals surface area contributed by atoms with Crippen molar-refractivity contribution in [2.24, 2.45) is 0 Å². The molecule has 2 rings (SSSR count). The molecule has 0 saturated carbocycles. The molecule has 0 fully saturated rings. The van der Waals surface area contributed by atoms with Crippen LogP contribution in [-0.4, -0.2) is 17.0 Å². The molecule has 0 aromatic carbocycles. The van der Waals surface area contributed by atoms with Crippen LogP contribution in [0.25, 0.3) is 0 Å². The van der Waals surface area contributed by atoms with Crippen LogP contribution in [0.4, 0.5) is 0 Å². The number of nitrogens with one attached hydrogen (secondary N) is 1. The molecular weight excluding hydrogens is 266 g/mol. The lowest BCUT2D eigenvalue weighted by Gasteiger charge is -2.12. The molecule has 0 aliphatic rings. The number of amides is 1. The minimum absolute atomic E-state index is 0.197. The summed E-state index contributed by atoms with van der Waals surface area (Å²) in [4.78, 5) is 23.5. The van der Waals surface area contributed by atoms with E-state index in [1.165, 1.54) is 11.3 Å². The molecule has 1 amide bonds. The summed E-state index contributed by atoms with van der Waals surface area (Å²) in [6.07, 6.45) is 2.19. The highest BCUT2D eigenvalue weighted by molar-refractivity contribution is 7.10. The fourth-order valence-electron chi connectivity index (χ4n) is 1.63. The van der Waals surface area contributed by atoms with E-state index in [0.717, 1.165) is 0 Å². The van der Waals surface area contributed by atoms with E-state index in [0.29, 0.717) is 17.1 Å². The molecule has 6 heteroatoms. The molecule has 0 aliphatic heterocycles. The van der Waals surface area contributed by atoms with Crippen molar-refractivity contribution in [2.45, 2.75) is 18.9 Å². The Balaban J connectivity index is 1.90. The van der Waals surface area contributed by atoms with Crippen molar-refractivity contribution in [3.8, 4) is 0 Å². The van der Waals surface area contributed by atoms with Crippen LogP contribution in [0.5, 0.6) is 0 Å². The molecule has 0 saturated heterocycles. The Bertz CT molecular complexity index is 533. The molecule has 19 heavy (non-hydrogen) atoms. The van der Waals surface area contributed by atoms with Gasteiger partial charge in [0.25, 0.3) is 0 Å². The molecule has 2 heterocycles. The molecule has 0 bridgehead atoms. The van der Waals surface area contributed by atoms with Crippen LogP contribution in [0.15, 0.2) is 40.3 Å². The number of hydrogen-bond donors (Lipinski definition) is 2.